The van der Waals surface area contributed by atoms with Crippen molar-refractivity contribution < 1.29 is 0 Å². The molecule has 1 aliphatic heterocycles. The quantitative estimate of drug-likeness (QED) is 0.585. The molecule has 3 nitrogen and oxygen atoms in total. The molecule has 1 saturated heterocycles. The van der Waals surface area contributed by atoms with E-state index in [1.54, 1.807) is 0 Å². The Hall–Kier alpha value is -0.750. The molecule has 0 spiro atoms. The molecule has 1 aliphatic rings. The molecule has 0 aromatic heterocycles. The Morgan fingerprint density at radius 2 is 2.17 bits per heavy atom. The topological polar surface area (TPSA) is 30.3 Å². The third-order valence-corrected chi connectivity index (χ3v) is 2.63. The molecule has 0 aliphatic carbocycles. The molecule has 0 aromatic carbocycles. The number of likely N-dealkylation sites (N-methyl/N-ethyl adjacent to an activating group) is 1. The van der Waals surface area contributed by atoms with Crippen LogP contribution in [0, 0.1) is 11.5 Å². The standard InChI is InChI=1S/C9H17N3/c1-3-12(4-2)9-5-6-11(7-9)8-10/h9H,3-7H2,1-2H3. The fourth-order valence-electron chi connectivity index (χ4n) is 1.87. The van der Waals surface area contributed by atoms with E-state index >= 15 is 0 Å². The van der Waals surface area contributed by atoms with Gasteiger partial charge in [-0.25, -0.2) is 0 Å². The second-order valence-electron chi connectivity index (χ2n) is 3.21. The highest BCUT2D eigenvalue weighted by Crippen LogP contribution is 2.13. The van der Waals surface area contributed by atoms with Crippen LogP contribution in [0.5, 0.6) is 0 Å². The van der Waals surface area contributed by atoms with Gasteiger partial charge in [-0.05, 0) is 19.5 Å². The first-order chi connectivity index (χ1) is 5.81. The Kier molecular flexibility index (Phi) is 3.36. The fourth-order valence-corrected chi connectivity index (χ4v) is 1.87. The Balaban J connectivity index is 2.40. The lowest BCUT2D eigenvalue weighted by atomic mass is 10.2. The molecule has 3 heteroatoms. The Morgan fingerprint density at radius 1 is 1.50 bits per heavy atom. The van der Waals surface area contributed by atoms with E-state index in [1.807, 2.05) is 4.90 Å². The molecule has 12 heavy (non-hydrogen) atoms. The molecule has 1 atom stereocenters. The Morgan fingerprint density at radius 3 is 2.58 bits per heavy atom. The highest BCUT2D eigenvalue weighted by atomic mass is 15.2. The van der Waals surface area contributed by atoms with Gasteiger partial charge in [-0.3, -0.25) is 4.90 Å². The summed E-state index contributed by atoms with van der Waals surface area (Å²) >= 11 is 0. The van der Waals surface area contributed by atoms with Gasteiger partial charge in [0.25, 0.3) is 0 Å². The fraction of sp³-hybridized carbons (Fsp3) is 0.889. The monoisotopic (exact) mass is 167 g/mol. The van der Waals surface area contributed by atoms with Gasteiger partial charge in [-0.1, -0.05) is 13.8 Å². The van der Waals surface area contributed by atoms with Crippen LogP contribution in [0.15, 0.2) is 0 Å². The number of rotatable bonds is 3. The number of likely N-dealkylation sites (tertiary alicyclic amines) is 1. The SMILES string of the molecule is CCN(CC)C1CCN(C#N)C1. The Bertz CT molecular complexity index is 169. The van der Waals surface area contributed by atoms with Gasteiger partial charge in [-0.2, -0.15) is 5.26 Å². The maximum Gasteiger partial charge on any atom is 0.179 e. The second kappa shape index (κ2) is 4.32. The summed E-state index contributed by atoms with van der Waals surface area (Å²) in [6.45, 7) is 8.42. The minimum atomic E-state index is 0.611. The lowest BCUT2D eigenvalue weighted by Crippen LogP contribution is -2.36. The third-order valence-electron chi connectivity index (χ3n) is 2.63. The number of nitriles is 1. The van der Waals surface area contributed by atoms with Crippen molar-refractivity contribution >= 4 is 0 Å². The van der Waals surface area contributed by atoms with Gasteiger partial charge in [0.15, 0.2) is 6.19 Å². The summed E-state index contributed by atoms with van der Waals surface area (Å²) in [7, 11) is 0. The van der Waals surface area contributed by atoms with Crippen molar-refractivity contribution in [2.45, 2.75) is 26.3 Å². The largest absolute Gasteiger partial charge is 0.309 e. The molecule has 0 aromatic rings. The highest BCUT2D eigenvalue weighted by Gasteiger charge is 2.24. The maximum absolute atomic E-state index is 8.67. The molecule has 0 N–H and O–H groups in total. The van der Waals surface area contributed by atoms with Crippen LogP contribution in [0.3, 0.4) is 0 Å². The van der Waals surface area contributed by atoms with Crippen molar-refractivity contribution in [1.82, 2.24) is 9.80 Å². The zero-order chi connectivity index (χ0) is 8.97. The Labute approximate surface area is 74.6 Å². The molecule has 0 bridgehead atoms. The van der Waals surface area contributed by atoms with Crippen LogP contribution in [0.4, 0.5) is 0 Å². The predicted octanol–water partition coefficient (Wildman–Crippen LogP) is 0.884. The summed E-state index contributed by atoms with van der Waals surface area (Å²) < 4.78 is 0. The molecule has 1 rings (SSSR count). The summed E-state index contributed by atoms with van der Waals surface area (Å²) in [4.78, 5) is 4.28. The molecule has 1 heterocycles. The number of hydrogen-bond acceptors (Lipinski definition) is 3. The van der Waals surface area contributed by atoms with Crippen LogP contribution in [0.1, 0.15) is 20.3 Å². The summed E-state index contributed by atoms with van der Waals surface area (Å²) in [5.74, 6) is 0. The van der Waals surface area contributed by atoms with E-state index in [0.29, 0.717) is 6.04 Å². The van der Waals surface area contributed by atoms with Crippen molar-refractivity contribution in [3.05, 3.63) is 0 Å². The van der Waals surface area contributed by atoms with E-state index in [9.17, 15) is 0 Å². The highest BCUT2D eigenvalue weighted by molar-refractivity contribution is 4.88. The van der Waals surface area contributed by atoms with E-state index < -0.39 is 0 Å². The lowest BCUT2D eigenvalue weighted by molar-refractivity contribution is 0.222. The second-order valence-corrected chi connectivity index (χ2v) is 3.21. The van der Waals surface area contributed by atoms with Crippen molar-refractivity contribution in [3.63, 3.8) is 0 Å². The summed E-state index contributed by atoms with van der Waals surface area (Å²) in [5, 5.41) is 8.67. The normalized spacial score (nSPS) is 23.2. The lowest BCUT2D eigenvalue weighted by Gasteiger charge is -2.25. The van der Waals surface area contributed by atoms with Crippen LogP contribution in [-0.2, 0) is 0 Å². The maximum atomic E-state index is 8.67. The van der Waals surface area contributed by atoms with Gasteiger partial charge in [0.1, 0.15) is 0 Å². The van der Waals surface area contributed by atoms with Crippen molar-refractivity contribution in [2.75, 3.05) is 26.2 Å². The van der Waals surface area contributed by atoms with Crippen LogP contribution in [-0.4, -0.2) is 42.0 Å². The number of nitrogens with zero attached hydrogens (tertiary/aromatic N) is 3. The van der Waals surface area contributed by atoms with Crippen molar-refractivity contribution in [3.8, 4) is 6.19 Å². The summed E-state index contributed by atoms with van der Waals surface area (Å²) in [6.07, 6.45) is 3.35. The summed E-state index contributed by atoms with van der Waals surface area (Å²) in [5.41, 5.74) is 0. The van der Waals surface area contributed by atoms with E-state index in [1.165, 1.54) is 0 Å². The number of hydrogen-bond donors (Lipinski definition) is 0. The van der Waals surface area contributed by atoms with Gasteiger partial charge in [0, 0.05) is 19.1 Å². The van der Waals surface area contributed by atoms with Crippen LogP contribution < -0.4 is 0 Å². The van der Waals surface area contributed by atoms with Crippen LogP contribution in [0.2, 0.25) is 0 Å². The van der Waals surface area contributed by atoms with Gasteiger partial charge in [0.2, 0.25) is 0 Å². The van der Waals surface area contributed by atoms with E-state index in [2.05, 4.69) is 24.9 Å². The predicted molar refractivity (Wildman–Crippen MR) is 48.5 cm³/mol. The van der Waals surface area contributed by atoms with E-state index in [-0.39, 0.29) is 0 Å². The first kappa shape index (κ1) is 9.34. The average molecular weight is 167 g/mol. The van der Waals surface area contributed by atoms with Gasteiger partial charge < -0.3 is 4.90 Å². The van der Waals surface area contributed by atoms with Crippen LogP contribution in [0.25, 0.3) is 0 Å². The van der Waals surface area contributed by atoms with Gasteiger partial charge >= 0.3 is 0 Å². The van der Waals surface area contributed by atoms with E-state index in [0.717, 1.165) is 32.6 Å². The molecule has 1 fully saturated rings. The summed E-state index contributed by atoms with van der Waals surface area (Å²) in [6, 6.07) is 0.611. The molecule has 0 radical (unpaired) electrons. The molecule has 1 unspecified atom stereocenters. The molecule has 0 amide bonds. The zero-order valence-electron chi connectivity index (χ0n) is 7.95. The molecular weight excluding hydrogens is 150 g/mol. The molecule has 68 valence electrons. The first-order valence-corrected chi connectivity index (χ1v) is 4.70. The third kappa shape index (κ3) is 1.89. The van der Waals surface area contributed by atoms with Crippen molar-refractivity contribution in [2.24, 2.45) is 0 Å². The smallest absolute Gasteiger partial charge is 0.179 e. The minimum Gasteiger partial charge on any atom is -0.309 e. The van der Waals surface area contributed by atoms with Crippen LogP contribution >= 0.6 is 0 Å². The minimum absolute atomic E-state index is 0.611. The van der Waals surface area contributed by atoms with Gasteiger partial charge in [-0.15, -0.1) is 0 Å². The molecular formula is C9H17N3. The van der Waals surface area contributed by atoms with E-state index in [4.69, 9.17) is 5.26 Å². The van der Waals surface area contributed by atoms with Gasteiger partial charge in [0.05, 0.1) is 0 Å². The molecule has 0 saturated carbocycles. The average Bonchev–Trinajstić information content (AvgIpc) is 2.55. The first-order valence-electron chi connectivity index (χ1n) is 4.70. The van der Waals surface area contributed by atoms with Crippen molar-refractivity contribution in [1.29, 1.82) is 5.26 Å². The zero-order valence-corrected chi connectivity index (χ0v) is 7.95.